The van der Waals surface area contributed by atoms with Crippen LogP contribution in [0.4, 0.5) is 14.5 Å². The van der Waals surface area contributed by atoms with Crippen LogP contribution in [0.5, 0.6) is 0 Å². The number of hydrogen-bond acceptors (Lipinski definition) is 6. The lowest BCUT2D eigenvalue weighted by Gasteiger charge is -2.17. The van der Waals surface area contributed by atoms with Crippen LogP contribution in [0.25, 0.3) is 10.6 Å². The average Bonchev–Trinajstić information content (AvgIpc) is 3.33. The lowest BCUT2D eigenvalue weighted by atomic mass is 10.1. The Morgan fingerprint density at radius 1 is 1.45 bits per heavy atom. The molecule has 1 fully saturated rings. The Labute approximate surface area is 189 Å². The third-order valence-electron chi connectivity index (χ3n) is 4.93. The van der Waals surface area contributed by atoms with Crippen LogP contribution in [-0.4, -0.2) is 39.2 Å². The van der Waals surface area contributed by atoms with E-state index in [-0.39, 0.29) is 24.4 Å². The average molecular weight is 510 g/mol. The van der Waals surface area contributed by atoms with Crippen molar-refractivity contribution in [3.63, 3.8) is 0 Å². The fraction of sp³-hybridized carbons (Fsp3) is 0.300. The first-order valence-electron chi connectivity index (χ1n) is 9.40. The van der Waals surface area contributed by atoms with Crippen LogP contribution in [-0.2, 0) is 11.8 Å². The van der Waals surface area contributed by atoms with Gasteiger partial charge in [-0.05, 0) is 31.0 Å². The second-order valence-electron chi connectivity index (χ2n) is 7.04. The first-order valence-corrected chi connectivity index (χ1v) is 11.1. The summed E-state index contributed by atoms with van der Waals surface area (Å²) in [6.07, 6.45) is 0.220. The number of benzene rings is 1. The van der Waals surface area contributed by atoms with Gasteiger partial charge in [0.25, 0.3) is 5.91 Å². The topological polar surface area (TPSA) is 92.9 Å². The highest BCUT2D eigenvalue weighted by Crippen LogP contribution is 2.33. The normalized spacial score (nSPS) is 19.3. The molecule has 0 unspecified atom stereocenters. The van der Waals surface area contributed by atoms with Gasteiger partial charge >= 0.3 is 0 Å². The first kappa shape index (κ1) is 21.7. The first-order chi connectivity index (χ1) is 14.8. The Morgan fingerprint density at radius 2 is 2.26 bits per heavy atom. The molecule has 0 saturated carbocycles. The third-order valence-corrected chi connectivity index (χ3v) is 6.30. The van der Waals surface area contributed by atoms with Gasteiger partial charge in [0.15, 0.2) is 6.17 Å². The Kier molecular flexibility index (Phi) is 6.26. The summed E-state index contributed by atoms with van der Waals surface area (Å²) < 4.78 is 35.8. The molecule has 1 amide bonds. The summed E-state index contributed by atoms with van der Waals surface area (Å²) in [5.41, 5.74) is 1.45. The second kappa shape index (κ2) is 8.93. The van der Waals surface area contributed by atoms with Gasteiger partial charge < -0.3 is 15.5 Å². The highest BCUT2D eigenvalue weighted by Gasteiger charge is 2.28. The van der Waals surface area contributed by atoms with E-state index in [9.17, 15) is 13.6 Å². The number of hydrogen-bond donors (Lipinski definition) is 2. The molecular formula is C20H18BrF2N5O2S. The number of alkyl halides is 1. The van der Waals surface area contributed by atoms with Crippen molar-refractivity contribution >= 4 is 44.6 Å². The lowest BCUT2D eigenvalue weighted by molar-refractivity contribution is 0.0323. The van der Waals surface area contributed by atoms with Crippen LogP contribution >= 0.6 is 27.3 Å². The Morgan fingerprint density at radius 3 is 3.06 bits per heavy atom. The van der Waals surface area contributed by atoms with E-state index >= 15 is 0 Å². The van der Waals surface area contributed by atoms with Gasteiger partial charge in [-0.1, -0.05) is 15.9 Å². The highest BCUT2D eigenvalue weighted by molar-refractivity contribution is 9.10. The van der Waals surface area contributed by atoms with E-state index in [1.54, 1.807) is 29.2 Å². The second-order valence-corrected chi connectivity index (χ2v) is 8.81. The van der Waals surface area contributed by atoms with Gasteiger partial charge in [-0.15, -0.1) is 11.3 Å². The van der Waals surface area contributed by atoms with E-state index in [0.717, 1.165) is 11.3 Å². The van der Waals surface area contributed by atoms with E-state index in [4.69, 9.17) is 10.1 Å². The van der Waals surface area contributed by atoms with Crippen molar-refractivity contribution in [1.29, 1.82) is 5.41 Å². The van der Waals surface area contributed by atoms with Crippen LogP contribution in [0.15, 0.2) is 34.2 Å². The van der Waals surface area contributed by atoms with Gasteiger partial charge in [0.1, 0.15) is 22.6 Å². The maximum absolute atomic E-state index is 14.1. The molecule has 0 aliphatic carbocycles. The van der Waals surface area contributed by atoms with E-state index in [1.165, 1.54) is 12.3 Å². The zero-order chi connectivity index (χ0) is 22.1. The molecule has 0 bridgehead atoms. The van der Waals surface area contributed by atoms with Crippen LogP contribution < -0.4 is 5.32 Å². The number of nitrogens with zero attached hydrogens (tertiary/aromatic N) is 3. The zero-order valence-electron chi connectivity index (χ0n) is 16.4. The number of aromatic nitrogens is 3. The van der Waals surface area contributed by atoms with Gasteiger partial charge in [0, 0.05) is 28.2 Å². The maximum atomic E-state index is 14.1. The number of nitrogens with one attached hydrogen (secondary N) is 2. The smallest absolute Gasteiger partial charge is 0.275 e. The highest BCUT2D eigenvalue weighted by atomic mass is 79.9. The molecule has 1 aliphatic rings. The lowest BCUT2D eigenvalue weighted by Crippen LogP contribution is -2.18. The summed E-state index contributed by atoms with van der Waals surface area (Å²) in [7, 11) is 1.70. The predicted molar refractivity (Wildman–Crippen MR) is 117 cm³/mol. The third kappa shape index (κ3) is 4.58. The van der Waals surface area contributed by atoms with Crippen molar-refractivity contribution in [3.8, 4) is 10.6 Å². The van der Waals surface area contributed by atoms with Crippen LogP contribution in [0, 0.1) is 11.2 Å². The molecule has 3 heterocycles. The van der Waals surface area contributed by atoms with Gasteiger partial charge in [-0.3, -0.25) is 9.48 Å². The van der Waals surface area contributed by atoms with Crippen LogP contribution in [0.3, 0.4) is 0 Å². The van der Waals surface area contributed by atoms with E-state index < -0.39 is 24.0 Å². The number of halogens is 3. The molecule has 1 saturated heterocycles. The summed E-state index contributed by atoms with van der Waals surface area (Å²) in [6, 6.07) is 4.53. The minimum absolute atomic E-state index is 0.00466. The Bertz CT molecular complexity index is 1150. The SMILES string of the molecule is Cn1ncc(NC(=O)c2csc(-c3cc(Br)ccc3F)n2)c1[C@@H]1CCC(=N)[C@H](F)CO1. The van der Waals surface area contributed by atoms with E-state index in [2.05, 4.69) is 31.3 Å². The molecule has 4 rings (SSSR count). The minimum atomic E-state index is -1.43. The van der Waals surface area contributed by atoms with Gasteiger partial charge in [-0.2, -0.15) is 5.10 Å². The number of carbonyl (C=O) groups excluding carboxylic acids is 1. The summed E-state index contributed by atoms with van der Waals surface area (Å²) in [5.74, 6) is -0.904. The molecule has 7 nitrogen and oxygen atoms in total. The molecule has 0 radical (unpaired) electrons. The number of amides is 1. The van der Waals surface area contributed by atoms with Gasteiger partial charge in [0.05, 0.1) is 24.2 Å². The molecule has 162 valence electrons. The van der Waals surface area contributed by atoms with Crippen molar-refractivity contribution in [2.75, 3.05) is 11.9 Å². The van der Waals surface area contributed by atoms with E-state index in [0.29, 0.717) is 32.8 Å². The molecule has 2 atom stereocenters. The van der Waals surface area contributed by atoms with Crippen molar-refractivity contribution in [3.05, 3.63) is 51.5 Å². The summed E-state index contributed by atoms with van der Waals surface area (Å²) in [4.78, 5) is 17.1. The predicted octanol–water partition coefficient (Wildman–Crippen LogP) is 4.91. The molecule has 1 aromatic carbocycles. The number of thiazole rings is 1. The molecule has 11 heteroatoms. The Balaban J connectivity index is 1.54. The number of aryl methyl sites for hydroxylation is 1. The molecular weight excluding hydrogens is 492 g/mol. The largest absolute Gasteiger partial charge is 0.368 e. The Hall–Kier alpha value is -2.50. The fourth-order valence-electron chi connectivity index (χ4n) is 3.32. The molecule has 31 heavy (non-hydrogen) atoms. The van der Waals surface area contributed by atoms with Crippen LogP contribution in [0.2, 0.25) is 0 Å². The number of rotatable bonds is 4. The minimum Gasteiger partial charge on any atom is -0.368 e. The molecule has 3 aromatic rings. The summed E-state index contributed by atoms with van der Waals surface area (Å²) >= 11 is 4.47. The monoisotopic (exact) mass is 509 g/mol. The number of ether oxygens (including phenoxy) is 1. The molecule has 2 N–H and O–H groups in total. The zero-order valence-corrected chi connectivity index (χ0v) is 18.8. The van der Waals surface area contributed by atoms with Crippen molar-refractivity contribution < 1.29 is 18.3 Å². The summed E-state index contributed by atoms with van der Waals surface area (Å²) in [5, 5.41) is 16.6. The van der Waals surface area contributed by atoms with Crippen molar-refractivity contribution in [1.82, 2.24) is 14.8 Å². The number of carbonyl (C=O) groups is 1. The standard InChI is InChI=1S/C20H18BrF2N5O2S/c1-28-18(17-5-4-14(24)13(23)8-30-17)15(7-25-28)26-19(29)16-9-31-20(27-16)11-6-10(21)2-3-12(11)22/h2-3,6-7,9,13,17,24H,4-5,8H2,1H3,(H,26,29)/t13-,17+/m1/s1. The molecule has 2 aromatic heterocycles. The quantitative estimate of drug-likeness (QED) is 0.522. The molecule has 1 aliphatic heterocycles. The van der Waals surface area contributed by atoms with Crippen LogP contribution in [0.1, 0.15) is 35.1 Å². The molecule has 0 spiro atoms. The van der Waals surface area contributed by atoms with Gasteiger partial charge in [-0.25, -0.2) is 13.8 Å². The fourth-order valence-corrected chi connectivity index (χ4v) is 4.50. The van der Waals surface area contributed by atoms with Gasteiger partial charge in [0.2, 0.25) is 0 Å². The maximum Gasteiger partial charge on any atom is 0.275 e. The van der Waals surface area contributed by atoms with Crippen molar-refractivity contribution in [2.24, 2.45) is 7.05 Å². The van der Waals surface area contributed by atoms with E-state index in [1.807, 2.05) is 0 Å². The van der Waals surface area contributed by atoms with Crippen molar-refractivity contribution in [2.45, 2.75) is 25.1 Å². The number of anilines is 1. The summed E-state index contributed by atoms with van der Waals surface area (Å²) in [6.45, 7) is -0.213.